The molecule has 5 rings (SSSR count). The second-order valence-electron chi connectivity index (χ2n) is 7.06. The lowest BCUT2D eigenvalue weighted by molar-refractivity contribution is -0.137. The Morgan fingerprint density at radius 3 is 2.55 bits per heavy atom. The Hall–Kier alpha value is -3.46. The third kappa shape index (κ3) is 3.40. The molecule has 3 aromatic carbocycles. The van der Waals surface area contributed by atoms with E-state index in [0.717, 1.165) is 40.0 Å². The van der Waals surface area contributed by atoms with E-state index in [0.29, 0.717) is 21.0 Å². The summed E-state index contributed by atoms with van der Waals surface area (Å²) in [5.41, 5.74) is 4.07. The summed E-state index contributed by atoms with van der Waals surface area (Å²) in [4.78, 5) is 4.51. The third-order valence-corrected chi connectivity index (χ3v) is 6.11. The summed E-state index contributed by atoms with van der Waals surface area (Å²) < 4.78 is 46.5. The molecule has 2 aromatic heterocycles. The Labute approximate surface area is 178 Å². The molecule has 5 nitrogen and oxygen atoms in total. The van der Waals surface area contributed by atoms with Crippen LogP contribution in [0.3, 0.4) is 0 Å². The van der Waals surface area contributed by atoms with Crippen molar-refractivity contribution < 1.29 is 17.9 Å². The standard InChI is InChI=1S/C22H15F3N4OS/c1-12-9-13(21-26-16-6-4-14(22(23,24)25)10-20(16)31-21)3-7-18(12)29-19-8-5-15(30-2)11-17(19)27-28-29/h3-11H,1-2H3. The average Bonchev–Trinajstić information content (AvgIpc) is 3.36. The molecule has 156 valence electrons. The molecule has 0 aliphatic rings. The number of alkyl halides is 3. The molecule has 0 spiro atoms. The number of benzene rings is 3. The molecule has 31 heavy (non-hydrogen) atoms. The molecule has 0 atom stereocenters. The van der Waals surface area contributed by atoms with E-state index in [-0.39, 0.29) is 0 Å². The number of aromatic nitrogens is 4. The monoisotopic (exact) mass is 440 g/mol. The minimum atomic E-state index is -4.37. The Kier molecular flexibility index (Phi) is 4.44. The quantitative estimate of drug-likeness (QED) is 0.344. The lowest BCUT2D eigenvalue weighted by Crippen LogP contribution is -2.03. The fourth-order valence-electron chi connectivity index (χ4n) is 3.46. The Bertz CT molecular complexity index is 1440. The largest absolute Gasteiger partial charge is 0.497 e. The first kappa shape index (κ1) is 19.5. The SMILES string of the molecule is COc1ccc2c(c1)nnn2-c1ccc(-c2nc3ccc(C(F)(F)F)cc3s2)cc1C. The van der Waals surface area contributed by atoms with E-state index in [1.54, 1.807) is 11.8 Å². The third-order valence-electron chi connectivity index (χ3n) is 5.04. The lowest BCUT2D eigenvalue weighted by atomic mass is 10.1. The van der Waals surface area contributed by atoms with Gasteiger partial charge in [0.2, 0.25) is 0 Å². The normalized spacial score (nSPS) is 12.0. The van der Waals surface area contributed by atoms with E-state index in [4.69, 9.17) is 4.74 Å². The molecular weight excluding hydrogens is 425 g/mol. The van der Waals surface area contributed by atoms with Crippen LogP contribution < -0.4 is 4.74 Å². The number of rotatable bonds is 3. The van der Waals surface area contributed by atoms with Crippen LogP contribution in [0.2, 0.25) is 0 Å². The summed E-state index contributed by atoms with van der Waals surface area (Å²) in [6, 6.07) is 14.9. The molecular formula is C22H15F3N4OS. The first-order valence-corrected chi connectivity index (χ1v) is 10.1. The van der Waals surface area contributed by atoms with Crippen LogP contribution in [0, 0.1) is 6.92 Å². The number of hydrogen-bond acceptors (Lipinski definition) is 5. The number of fused-ring (bicyclic) bond motifs is 2. The molecule has 5 aromatic rings. The Balaban J connectivity index is 1.54. The minimum absolute atomic E-state index is 0.503. The Morgan fingerprint density at radius 1 is 0.968 bits per heavy atom. The van der Waals surface area contributed by atoms with Crippen molar-refractivity contribution in [3.05, 3.63) is 65.7 Å². The maximum absolute atomic E-state index is 13.0. The number of thiazole rings is 1. The summed E-state index contributed by atoms with van der Waals surface area (Å²) in [6.45, 7) is 1.95. The second-order valence-corrected chi connectivity index (χ2v) is 8.09. The number of halogens is 3. The fourth-order valence-corrected chi connectivity index (χ4v) is 4.46. The van der Waals surface area contributed by atoms with E-state index < -0.39 is 11.7 Å². The van der Waals surface area contributed by atoms with Crippen LogP contribution in [0.1, 0.15) is 11.1 Å². The van der Waals surface area contributed by atoms with Gasteiger partial charge in [-0.1, -0.05) is 5.21 Å². The maximum atomic E-state index is 13.0. The van der Waals surface area contributed by atoms with Gasteiger partial charge in [0.05, 0.1) is 34.1 Å². The van der Waals surface area contributed by atoms with Gasteiger partial charge in [0.25, 0.3) is 0 Å². The van der Waals surface area contributed by atoms with Crippen LogP contribution in [0.5, 0.6) is 5.75 Å². The van der Waals surface area contributed by atoms with Gasteiger partial charge in [-0.25, -0.2) is 9.67 Å². The van der Waals surface area contributed by atoms with Gasteiger partial charge in [0, 0.05) is 11.6 Å². The van der Waals surface area contributed by atoms with Crippen LogP contribution in [-0.2, 0) is 6.18 Å². The number of hydrogen-bond donors (Lipinski definition) is 0. The van der Waals surface area contributed by atoms with Gasteiger partial charge in [-0.2, -0.15) is 13.2 Å². The van der Waals surface area contributed by atoms with Gasteiger partial charge < -0.3 is 4.74 Å². The molecule has 0 unspecified atom stereocenters. The van der Waals surface area contributed by atoms with Crippen molar-refractivity contribution in [2.45, 2.75) is 13.1 Å². The predicted molar refractivity (Wildman–Crippen MR) is 114 cm³/mol. The molecule has 0 saturated heterocycles. The van der Waals surface area contributed by atoms with Gasteiger partial charge >= 0.3 is 6.18 Å². The summed E-state index contributed by atoms with van der Waals surface area (Å²) in [7, 11) is 1.60. The van der Waals surface area contributed by atoms with Crippen LogP contribution in [0.25, 0.3) is 37.5 Å². The fraction of sp³-hybridized carbons (Fsp3) is 0.136. The first-order chi connectivity index (χ1) is 14.8. The second kappa shape index (κ2) is 7.05. The summed E-state index contributed by atoms with van der Waals surface area (Å²) in [5, 5.41) is 9.14. The number of ether oxygens (including phenoxy) is 1. The minimum Gasteiger partial charge on any atom is -0.497 e. The molecule has 0 amide bonds. The van der Waals surface area contributed by atoms with Gasteiger partial charge in [0.15, 0.2) is 0 Å². The number of nitrogens with zero attached hydrogens (tertiary/aromatic N) is 4. The molecule has 0 N–H and O–H groups in total. The lowest BCUT2D eigenvalue weighted by Gasteiger charge is -2.08. The smallest absolute Gasteiger partial charge is 0.416 e. The van der Waals surface area contributed by atoms with E-state index >= 15 is 0 Å². The average molecular weight is 440 g/mol. The number of methoxy groups -OCH3 is 1. The van der Waals surface area contributed by atoms with Gasteiger partial charge in [-0.15, -0.1) is 16.4 Å². The van der Waals surface area contributed by atoms with Crippen molar-refractivity contribution in [1.82, 2.24) is 20.0 Å². The highest BCUT2D eigenvalue weighted by Gasteiger charge is 2.30. The highest BCUT2D eigenvalue weighted by molar-refractivity contribution is 7.21. The van der Waals surface area contributed by atoms with Crippen LogP contribution in [0.4, 0.5) is 13.2 Å². The zero-order valence-electron chi connectivity index (χ0n) is 16.4. The van der Waals surface area contributed by atoms with Gasteiger partial charge in [-0.05, 0) is 61.0 Å². The zero-order valence-corrected chi connectivity index (χ0v) is 17.3. The summed E-state index contributed by atoms with van der Waals surface area (Å²) in [6.07, 6.45) is -4.37. The molecule has 0 aliphatic heterocycles. The predicted octanol–water partition coefficient (Wildman–Crippen LogP) is 6.03. The number of aryl methyl sites for hydroxylation is 1. The van der Waals surface area contributed by atoms with Crippen molar-refractivity contribution in [3.8, 4) is 22.0 Å². The summed E-state index contributed by atoms with van der Waals surface area (Å²) in [5.74, 6) is 0.705. The molecule has 0 fully saturated rings. The topological polar surface area (TPSA) is 52.8 Å². The zero-order chi connectivity index (χ0) is 21.8. The van der Waals surface area contributed by atoms with Crippen LogP contribution in [0.15, 0.2) is 54.6 Å². The van der Waals surface area contributed by atoms with E-state index in [1.165, 1.54) is 17.4 Å². The molecule has 2 heterocycles. The van der Waals surface area contributed by atoms with E-state index in [1.807, 2.05) is 43.3 Å². The van der Waals surface area contributed by atoms with Crippen molar-refractivity contribution in [3.63, 3.8) is 0 Å². The molecule has 9 heteroatoms. The van der Waals surface area contributed by atoms with Gasteiger partial charge in [-0.3, -0.25) is 0 Å². The maximum Gasteiger partial charge on any atom is 0.416 e. The molecule has 0 saturated carbocycles. The van der Waals surface area contributed by atoms with Crippen LogP contribution in [-0.4, -0.2) is 27.1 Å². The van der Waals surface area contributed by atoms with Crippen molar-refractivity contribution >= 4 is 32.6 Å². The molecule has 0 bridgehead atoms. The van der Waals surface area contributed by atoms with Crippen molar-refractivity contribution in [1.29, 1.82) is 0 Å². The van der Waals surface area contributed by atoms with Crippen molar-refractivity contribution in [2.75, 3.05) is 7.11 Å². The Morgan fingerprint density at radius 2 is 1.81 bits per heavy atom. The van der Waals surface area contributed by atoms with Crippen molar-refractivity contribution in [2.24, 2.45) is 0 Å². The van der Waals surface area contributed by atoms with E-state index in [9.17, 15) is 13.2 Å². The first-order valence-electron chi connectivity index (χ1n) is 9.32. The molecule has 0 radical (unpaired) electrons. The van der Waals surface area contributed by atoms with E-state index in [2.05, 4.69) is 15.3 Å². The van der Waals surface area contributed by atoms with Gasteiger partial charge in [0.1, 0.15) is 16.3 Å². The van der Waals surface area contributed by atoms with Crippen LogP contribution >= 0.6 is 11.3 Å². The highest BCUT2D eigenvalue weighted by atomic mass is 32.1. The highest BCUT2D eigenvalue weighted by Crippen LogP contribution is 2.36. The molecule has 0 aliphatic carbocycles. The summed E-state index contributed by atoms with van der Waals surface area (Å²) >= 11 is 1.24.